The zero-order valence-electron chi connectivity index (χ0n) is 23.9. The maximum atomic E-state index is 9.97. The van der Waals surface area contributed by atoms with E-state index in [1.165, 1.54) is 6.20 Å². The quantitative estimate of drug-likeness (QED) is 0.188. The van der Waals surface area contributed by atoms with E-state index in [4.69, 9.17) is 15.1 Å². The van der Waals surface area contributed by atoms with E-state index in [1.54, 1.807) is 35.9 Å². The molecule has 0 bridgehead atoms. The minimum atomic E-state index is 0.0348. The van der Waals surface area contributed by atoms with E-state index in [1.807, 2.05) is 68.1 Å². The molecule has 4 aromatic heterocycles. The lowest BCUT2D eigenvalue weighted by Gasteiger charge is -2.01. The van der Waals surface area contributed by atoms with Crippen LogP contribution in [0.3, 0.4) is 0 Å². The topological polar surface area (TPSA) is 161 Å². The molecule has 0 aliphatic rings. The number of aromatic nitrogens is 6. The average Bonchev–Trinajstić information content (AvgIpc) is 3.83. The Labute approximate surface area is 247 Å². The summed E-state index contributed by atoms with van der Waals surface area (Å²) in [5.41, 5.74) is 6.79. The summed E-state index contributed by atoms with van der Waals surface area (Å²) in [6.07, 6.45) is 13.5. The van der Waals surface area contributed by atoms with Gasteiger partial charge in [0.1, 0.15) is 5.75 Å². The summed E-state index contributed by atoms with van der Waals surface area (Å²) in [4.78, 5) is 16.2. The SMILES string of the molecule is COc1ccc2[nH]cc(/C(C#N)=C/c3cnn(C)c3)c2c1.Cn1cc(C=O)cn1.N#CCc1c[nH]c2ccc(CO)cc12. The van der Waals surface area contributed by atoms with Crippen molar-refractivity contribution in [3.05, 3.63) is 101 Å². The number of aliphatic hydroxyl groups excluding tert-OH is 1. The zero-order valence-corrected chi connectivity index (χ0v) is 23.9. The first-order chi connectivity index (χ1) is 20.9. The van der Waals surface area contributed by atoms with Crippen molar-refractivity contribution in [2.75, 3.05) is 7.11 Å². The summed E-state index contributed by atoms with van der Waals surface area (Å²) in [7, 11) is 5.25. The first kappa shape index (κ1) is 30.1. The number of carbonyl (C=O) groups excluding carboxylic acids is 1. The fourth-order valence-corrected chi connectivity index (χ4v) is 4.36. The minimum Gasteiger partial charge on any atom is -0.497 e. The molecule has 4 heterocycles. The number of nitriles is 2. The van der Waals surface area contributed by atoms with Crippen LogP contribution in [-0.2, 0) is 27.1 Å². The van der Waals surface area contributed by atoms with Crippen molar-refractivity contribution in [1.82, 2.24) is 29.5 Å². The van der Waals surface area contributed by atoms with Gasteiger partial charge in [-0.1, -0.05) is 6.07 Å². The standard InChI is InChI=1S/C16H14N4O.C11H10N2O.C5H6N2O/c1-20-10-11(8-19-20)5-12(7-17)15-9-18-16-4-3-13(21-2)6-14(15)16;12-4-3-9-6-13-11-2-1-8(7-14)5-10(9)11;1-7-3-5(4-8)2-6-7/h3-6,8-10,18H,1-2H3;1-2,5-6,13-14H,3,7H2;2-4H,1H3/b12-5+;;. The highest BCUT2D eigenvalue weighted by atomic mass is 16.5. The maximum absolute atomic E-state index is 9.97. The second kappa shape index (κ2) is 14.1. The molecule has 0 aliphatic carbocycles. The van der Waals surface area contributed by atoms with Crippen LogP contribution in [0.25, 0.3) is 33.5 Å². The number of nitrogens with zero attached hydrogens (tertiary/aromatic N) is 6. The Balaban J connectivity index is 0.000000165. The van der Waals surface area contributed by atoms with E-state index in [-0.39, 0.29) is 6.61 Å². The van der Waals surface area contributed by atoms with Crippen LogP contribution in [0.2, 0.25) is 0 Å². The fraction of sp³-hybridized carbons (Fsp3) is 0.156. The first-order valence-electron chi connectivity index (χ1n) is 13.2. The van der Waals surface area contributed by atoms with Crippen LogP contribution in [0.5, 0.6) is 5.75 Å². The van der Waals surface area contributed by atoms with Crippen molar-refractivity contribution >= 4 is 39.7 Å². The molecular weight excluding hydrogens is 544 g/mol. The number of methoxy groups -OCH3 is 1. The summed E-state index contributed by atoms with van der Waals surface area (Å²) >= 11 is 0. The summed E-state index contributed by atoms with van der Waals surface area (Å²) in [6.45, 7) is 0.0348. The third-order valence-electron chi connectivity index (χ3n) is 6.48. The van der Waals surface area contributed by atoms with Crippen LogP contribution in [0.4, 0.5) is 0 Å². The molecule has 216 valence electrons. The number of hydrogen-bond donors (Lipinski definition) is 3. The molecule has 6 aromatic rings. The van der Waals surface area contributed by atoms with Gasteiger partial charge >= 0.3 is 0 Å². The first-order valence-corrected chi connectivity index (χ1v) is 13.2. The molecule has 0 spiro atoms. The second-order valence-corrected chi connectivity index (χ2v) is 9.48. The van der Waals surface area contributed by atoms with Crippen molar-refractivity contribution in [1.29, 1.82) is 10.5 Å². The van der Waals surface area contributed by atoms with E-state index in [0.717, 1.165) is 56.1 Å². The van der Waals surface area contributed by atoms with Gasteiger partial charge in [-0.25, -0.2) is 0 Å². The molecule has 0 atom stereocenters. The Kier molecular flexibility index (Phi) is 9.87. The molecule has 2 aromatic carbocycles. The van der Waals surface area contributed by atoms with E-state index < -0.39 is 0 Å². The van der Waals surface area contributed by atoms with Crippen LogP contribution >= 0.6 is 0 Å². The minimum absolute atomic E-state index is 0.0348. The van der Waals surface area contributed by atoms with Crippen LogP contribution in [0.15, 0.2) is 73.6 Å². The van der Waals surface area contributed by atoms with Crippen LogP contribution in [0, 0.1) is 22.7 Å². The summed E-state index contributed by atoms with van der Waals surface area (Å²) in [6, 6.07) is 15.8. The van der Waals surface area contributed by atoms with Gasteiger partial charge in [-0.15, -0.1) is 0 Å². The number of aliphatic hydroxyl groups is 1. The molecule has 11 heteroatoms. The third kappa shape index (κ3) is 7.44. The average molecular weight is 575 g/mol. The Bertz CT molecular complexity index is 1960. The Morgan fingerprint density at radius 1 is 0.977 bits per heavy atom. The number of fused-ring (bicyclic) bond motifs is 2. The van der Waals surface area contributed by atoms with Gasteiger partial charge in [0, 0.05) is 71.8 Å². The highest BCUT2D eigenvalue weighted by Gasteiger charge is 2.10. The number of aromatic amines is 2. The monoisotopic (exact) mass is 574 g/mol. The van der Waals surface area contributed by atoms with E-state index in [2.05, 4.69) is 32.3 Å². The molecule has 0 amide bonds. The molecule has 0 aliphatic heterocycles. The third-order valence-corrected chi connectivity index (χ3v) is 6.48. The lowest BCUT2D eigenvalue weighted by atomic mass is 10.0. The van der Waals surface area contributed by atoms with Crippen molar-refractivity contribution in [3.63, 3.8) is 0 Å². The Morgan fingerprint density at radius 2 is 1.65 bits per heavy atom. The van der Waals surface area contributed by atoms with Gasteiger partial charge in [-0.3, -0.25) is 14.2 Å². The van der Waals surface area contributed by atoms with Gasteiger partial charge in [-0.2, -0.15) is 20.7 Å². The molecule has 11 nitrogen and oxygen atoms in total. The fourth-order valence-electron chi connectivity index (χ4n) is 4.36. The number of rotatable bonds is 6. The zero-order chi connectivity index (χ0) is 30.8. The number of ether oxygens (including phenoxy) is 1. The molecule has 0 saturated heterocycles. The molecule has 3 N–H and O–H groups in total. The highest BCUT2D eigenvalue weighted by molar-refractivity contribution is 6.01. The summed E-state index contributed by atoms with van der Waals surface area (Å²) in [5.74, 6) is 0.766. The normalized spacial score (nSPS) is 10.7. The van der Waals surface area contributed by atoms with Gasteiger partial charge in [-0.05, 0) is 47.5 Å². The number of aryl methyl sites for hydroxylation is 2. The van der Waals surface area contributed by atoms with Gasteiger partial charge in [0.15, 0.2) is 6.29 Å². The van der Waals surface area contributed by atoms with Crippen molar-refractivity contribution in [3.8, 4) is 17.9 Å². The number of aldehydes is 1. The second-order valence-electron chi connectivity index (χ2n) is 9.48. The Hall–Kier alpha value is -5.91. The van der Waals surface area contributed by atoms with Gasteiger partial charge in [0.05, 0.1) is 55.8 Å². The van der Waals surface area contributed by atoms with E-state index >= 15 is 0 Å². The van der Waals surface area contributed by atoms with Crippen LogP contribution in [-0.4, -0.2) is 48.0 Å². The van der Waals surface area contributed by atoms with Gasteiger partial charge in [0.25, 0.3) is 0 Å². The number of carbonyl (C=O) groups is 1. The Morgan fingerprint density at radius 3 is 2.23 bits per heavy atom. The van der Waals surface area contributed by atoms with Crippen molar-refractivity contribution in [2.24, 2.45) is 14.1 Å². The predicted molar refractivity (Wildman–Crippen MR) is 164 cm³/mol. The van der Waals surface area contributed by atoms with E-state index in [0.29, 0.717) is 17.6 Å². The smallest absolute Gasteiger partial charge is 0.153 e. The molecule has 0 fully saturated rings. The molecule has 6 rings (SSSR count). The molecule has 0 unspecified atom stereocenters. The number of H-pyrrole nitrogens is 2. The van der Waals surface area contributed by atoms with Crippen molar-refractivity contribution in [2.45, 2.75) is 13.0 Å². The summed E-state index contributed by atoms with van der Waals surface area (Å²) in [5, 5.41) is 36.9. The van der Waals surface area contributed by atoms with Crippen molar-refractivity contribution < 1.29 is 14.6 Å². The molecule has 0 saturated carbocycles. The molecule has 0 radical (unpaired) electrons. The van der Waals surface area contributed by atoms with Gasteiger partial charge < -0.3 is 19.8 Å². The number of benzene rings is 2. The predicted octanol–water partition coefficient (Wildman–Crippen LogP) is 4.93. The lowest BCUT2D eigenvalue weighted by Crippen LogP contribution is -1.84. The highest BCUT2D eigenvalue weighted by Crippen LogP contribution is 2.29. The largest absolute Gasteiger partial charge is 0.497 e. The number of allylic oxidation sites excluding steroid dienone is 1. The van der Waals surface area contributed by atoms with Crippen LogP contribution in [0.1, 0.15) is 32.6 Å². The van der Waals surface area contributed by atoms with E-state index in [9.17, 15) is 10.1 Å². The number of nitrogens with one attached hydrogen (secondary N) is 2. The van der Waals surface area contributed by atoms with Crippen LogP contribution < -0.4 is 4.74 Å². The summed E-state index contributed by atoms with van der Waals surface area (Å²) < 4.78 is 8.55. The van der Waals surface area contributed by atoms with Gasteiger partial charge in [0.2, 0.25) is 0 Å². The molecule has 43 heavy (non-hydrogen) atoms. The lowest BCUT2D eigenvalue weighted by molar-refractivity contribution is 0.112. The maximum Gasteiger partial charge on any atom is 0.153 e. The number of hydrogen-bond acceptors (Lipinski definition) is 7. The molecular formula is C32H30N8O3.